The number of carbonyl (C=O) groups excluding carboxylic acids is 2. The largest absolute Gasteiger partial charge is 0.477 e. The minimum atomic E-state index is -1.08. The Morgan fingerprint density at radius 3 is 2.24 bits per heavy atom. The summed E-state index contributed by atoms with van der Waals surface area (Å²) in [5, 5.41) is 9.08. The molecule has 0 saturated carbocycles. The number of nitrogens with zero attached hydrogens (tertiary/aromatic N) is 1. The number of carboxylic acids is 1. The number of aromatic carboxylic acids is 1. The van der Waals surface area contributed by atoms with Crippen molar-refractivity contribution in [3.05, 3.63) is 22.5 Å². The summed E-state index contributed by atoms with van der Waals surface area (Å²) in [5.74, 6) is -1.79. The van der Waals surface area contributed by atoms with Crippen molar-refractivity contribution in [1.82, 2.24) is 9.88 Å². The molecule has 1 aromatic heterocycles. The van der Waals surface area contributed by atoms with E-state index in [1.807, 2.05) is 0 Å². The van der Waals surface area contributed by atoms with Crippen molar-refractivity contribution in [1.29, 1.82) is 0 Å². The number of carboxylic acid groups (broad SMARTS) is 1. The number of primary amides is 1. The molecule has 2 heterocycles. The van der Waals surface area contributed by atoms with Crippen LogP contribution in [0.15, 0.2) is 0 Å². The van der Waals surface area contributed by atoms with Crippen LogP contribution in [0.2, 0.25) is 0 Å². The maximum absolute atomic E-state index is 12.6. The molecule has 1 aliphatic rings. The molecule has 0 aromatic carbocycles. The van der Waals surface area contributed by atoms with Crippen LogP contribution in [0.3, 0.4) is 0 Å². The number of aryl methyl sites for hydroxylation is 1. The van der Waals surface area contributed by atoms with Crippen LogP contribution in [0, 0.1) is 19.8 Å². The third-order valence-corrected chi connectivity index (χ3v) is 4.05. The lowest BCUT2D eigenvalue weighted by Crippen LogP contribution is -2.42. The standard InChI is InChI=1S/C14H19N3O4/c1-7-10(8(2)16-11(7)14(20)21)13(19)17-5-3-9(4-6-17)12(15)18/h9,16H,3-6H2,1-2H3,(H2,15,18)(H,20,21). The molecule has 1 aliphatic heterocycles. The Balaban J connectivity index is 2.18. The fourth-order valence-corrected chi connectivity index (χ4v) is 2.81. The molecule has 0 aliphatic carbocycles. The van der Waals surface area contributed by atoms with Crippen molar-refractivity contribution < 1.29 is 19.5 Å². The second kappa shape index (κ2) is 5.59. The number of likely N-dealkylation sites (tertiary alicyclic amines) is 1. The van der Waals surface area contributed by atoms with Crippen molar-refractivity contribution >= 4 is 17.8 Å². The van der Waals surface area contributed by atoms with E-state index in [4.69, 9.17) is 10.8 Å². The molecule has 1 fully saturated rings. The van der Waals surface area contributed by atoms with Gasteiger partial charge in [-0.05, 0) is 32.3 Å². The van der Waals surface area contributed by atoms with Crippen LogP contribution in [-0.2, 0) is 4.79 Å². The number of hydrogen-bond acceptors (Lipinski definition) is 3. The fraction of sp³-hybridized carbons (Fsp3) is 0.500. The highest BCUT2D eigenvalue weighted by molar-refractivity contribution is 6.00. The Hall–Kier alpha value is -2.31. The van der Waals surface area contributed by atoms with Gasteiger partial charge in [0.2, 0.25) is 5.91 Å². The molecule has 2 amide bonds. The van der Waals surface area contributed by atoms with Gasteiger partial charge < -0.3 is 20.7 Å². The van der Waals surface area contributed by atoms with Crippen molar-refractivity contribution in [2.24, 2.45) is 11.7 Å². The zero-order chi connectivity index (χ0) is 15.7. The van der Waals surface area contributed by atoms with Crippen LogP contribution in [0.1, 0.15) is 44.9 Å². The van der Waals surface area contributed by atoms with E-state index < -0.39 is 5.97 Å². The van der Waals surface area contributed by atoms with Gasteiger partial charge in [-0.2, -0.15) is 0 Å². The zero-order valence-electron chi connectivity index (χ0n) is 12.1. The summed E-state index contributed by atoms with van der Waals surface area (Å²) in [6.07, 6.45) is 1.10. The fourth-order valence-electron chi connectivity index (χ4n) is 2.81. The number of amides is 2. The van der Waals surface area contributed by atoms with Gasteiger partial charge in [-0.25, -0.2) is 4.79 Å². The van der Waals surface area contributed by atoms with Crippen LogP contribution in [0.4, 0.5) is 0 Å². The maximum atomic E-state index is 12.6. The van der Waals surface area contributed by atoms with E-state index in [2.05, 4.69) is 4.98 Å². The van der Waals surface area contributed by atoms with Crippen LogP contribution < -0.4 is 5.73 Å². The second-order valence-electron chi connectivity index (χ2n) is 5.40. The molecule has 21 heavy (non-hydrogen) atoms. The third-order valence-electron chi connectivity index (χ3n) is 4.05. The smallest absolute Gasteiger partial charge is 0.352 e. The lowest BCUT2D eigenvalue weighted by Gasteiger charge is -2.30. The highest BCUT2D eigenvalue weighted by atomic mass is 16.4. The quantitative estimate of drug-likeness (QED) is 0.759. The summed E-state index contributed by atoms with van der Waals surface area (Å²) in [5.41, 5.74) is 6.72. The summed E-state index contributed by atoms with van der Waals surface area (Å²) in [7, 11) is 0. The van der Waals surface area contributed by atoms with Crippen molar-refractivity contribution in [2.75, 3.05) is 13.1 Å². The summed E-state index contributed by atoms with van der Waals surface area (Å²) < 4.78 is 0. The Morgan fingerprint density at radius 2 is 1.81 bits per heavy atom. The van der Waals surface area contributed by atoms with Crippen molar-refractivity contribution in [3.63, 3.8) is 0 Å². The number of H-pyrrole nitrogens is 1. The number of aromatic nitrogens is 1. The third kappa shape index (κ3) is 2.76. The van der Waals surface area contributed by atoms with E-state index >= 15 is 0 Å². The van der Waals surface area contributed by atoms with Crippen LogP contribution in [-0.4, -0.2) is 45.9 Å². The first kappa shape index (κ1) is 15.1. The number of carbonyl (C=O) groups is 3. The van der Waals surface area contributed by atoms with E-state index in [0.29, 0.717) is 42.8 Å². The Kier molecular flexibility index (Phi) is 4.02. The highest BCUT2D eigenvalue weighted by Gasteiger charge is 2.29. The Labute approximate surface area is 122 Å². The molecular formula is C14H19N3O4. The first-order valence-corrected chi connectivity index (χ1v) is 6.84. The van der Waals surface area contributed by atoms with Crippen LogP contribution in [0.25, 0.3) is 0 Å². The predicted molar refractivity (Wildman–Crippen MR) is 75.0 cm³/mol. The molecule has 0 atom stereocenters. The lowest BCUT2D eigenvalue weighted by atomic mass is 9.95. The van der Waals surface area contributed by atoms with Gasteiger partial charge in [0.15, 0.2) is 0 Å². The van der Waals surface area contributed by atoms with E-state index in [1.165, 1.54) is 0 Å². The van der Waals surface area contributed by atoms with Gasteiger partial charge in [-0.15, -0.1) is 0 Å². The lowest BCUT2D eigenvalue weighted by molar-refractivity contribution is -0.123. The summed E-state index contributed by atoms with van der Waals surface area (Å²) >= 11 is 0. The van der Waals surface area contributed by atoms with Gasteiger partial charge in [-0.1, -0.05) is 0 Å². The summed E-state index contributed by atoms with van der Waals surface area (Å²) in [4.78, 5) is 39.2. The number of nitrogens with one attached hydrogen (secondary N) is 1. The van der Waals surface area contributed by atoms with E-state index in [1.54, 1.807) is 18.7 Å². The number of aromatic amines is 1. The average Bonchev–Trinajstić information content (AvgIpc) is 2.73. The van der Waals surface area contributed by atoms with Gasteiger partial charge in [0, 0.05) is 24.7 Å². The molecule has 1 saturated heterocycles. The normalized spacial score (nSPS) is 16.0. The van der Waals surface area contributed by atoms with Crippen molar-refractivity contribution in [3.8, 4) is 0 Å². The molecule has 7 heteroatoms. The Bertz CT molecular complexity index is 598. The molecule has 0 radical (unpaired) electrons. The first-order valence-electron chi connectivity index (χ1n) is 6.84. The molecular weight excluding hydrogens is 274 g/mol. The minimum Gasteiger partial charge on any atom is -0.477 e. The van der Waals surface area contributed by atoms with E-state index in [0.717, 1.165) is 0 Å². The predicted octanol–water partition coefficient (Wildman–Crippen LogP) is 0.667. The van der Waals surface area contributed by atoms with Gasteiger partial charge in [0.25, 0.3) is 5.91 Å². The summed E-state index contributed by atoms with van der Waals surface area (Å²) in [6.45, 7) is 4.22. The molecule has 114 valence electrons. The van der Waals surface area contributed by atoms with Gasteiger partial charge in [0.05, 0.1) is 5.56 Å². The zero-order valence-corrected chi connectivity index (χ0v) is 12.1. The van der Waals surface area contributed by atoms with Gasteiger partial charge in [0.1, 0.15) is 5.69 Å². The maximum Gasteiger partial charge on any atom is 0.352 e. The molecule has 2 rings (SSSR count). The number of nitrogens with two attached hydrogens (primary N) is 1. The molecule has 0 unspecified atom stereocenters. The monoisotopic (exact) mass is 293 g/mol. The number of piperidine rings is 1. The molecule has 7 nitrogen and oxygen atoms in total. The van der Waals surface area contributed by atoms with Gasteiger partial charge in [-0.3, -0.25) is 9.59 Å². The molecule has 4 N–H and O–H groups in total. The SMILES string of the molecule is Cc1[nH]c(C(=O)O)c(C)c1C(=O)N1CCC(C(N)=O)CC1. The molecule has 0 spiro atoms. The summed E-state index contributed by atoms with van der Waals surface area (Å²) in [6, 6.07) is 0. The van der Waals surface area contributed by atoms with Crippen LogP contribution >= 0.6 is 0 Å². The van der Waals surface area contributed by atoms with E-state index in [9.17, 15) is 14.4 Å². The topological polar surface area (TPSA) is 116 Å². The van der Waals surface area contributed by atoms with Gasteiger partial charge >= 0.3 is 5.97 Å². The minimum absolute atomic E-state index is 0.0443. The highest BCUT2D eigenvalue weighted by Crippen LogP contribution is 2.23. The number of hydrogen-bond donors (Lipinski definition) is 3. The van der Waals surface area contributed by atoms with Crippen LogP contribution in [0.5, 0.6) is 0 Å². The van der Waals surface area contributed by atoms with E-state index in [-0.39, 0.29) is 23.4 Å². The molecule has 1 aromatic rings. The second-order valence-corrected chi connectivity index (χ2v) is 5.40. The van der Waals surface area contributed by atoms with Crippen molar-refractivity contribution in [2.45, 2.75) is 26.7 Å². The average molecular weight is 293 g/mol. The Morgan fingerprint density at radius 1 is 1.24 bits per heavy atom. The number of rotatable bonds is 3. The molecule has 0 bridgehead atoms. The first-order chi connectivity index (χ1) is 9.82.